The highest BCUT2D eigenvalue weighted by Crippen LogP contribution is 2.40. The number of anilines is 1. The van der Waals surface area contributed by atoms with Crippen molar-refractivity contribution in [3.8, 4) is 11.9 Å². The fourth-order valence-corrected chi connectivity index (χ4v) is 5.00. The van der Waals surface area contributed by atoms with Crippen LogP contribution in [0.2, 0.25) is 0 Å². The molecule has 42 heavy (non-hydrogen) atoms. The highest BCUT2D eigenvalue weighted by atomic mass is 32.2. The summed E-state index contributed by atoms with van der Waals surface area (Å²) in [6.07, 6.45) is -5.31. The van der Waals surface area contributed by atoms with Crippen molar-refractivity contribution in [3.05, 3.63) is 70.0 Å². The Morgan fingerprint density at radius 1 is 1.05 bits per heavy atom. The molecule has 0 bridgehead atoms. The van der Waals surface area contributed by atoms with Gasteiger partial charge in [-0.15, -0.1) is 5.11 Å². The highest BCUT2D eigenvalue weighted by Gasteiger charge is 2.41. The first-order chi connectivity index (χ1) is 19.6. The largest absolute Gasteiger partial charge is 0.744 e. The van der Waals surface area contributed by atoms with Gasteiger partial charge in [-0.25, -0.2) is 16.8 Å². The Hall–Kier alpha value is -4.35. The van der Waals surface area contributed by atoms with E-state index in [1.807, 2.05) is 0 Å². The molecule has 0 saturated carbocycles. The van der Waals surface area contributed by atoms with Crippen molar-refractivity contribution in [1.29, 1.82) is 5.26 Å². The second-order valence-electron chi connectivity index (χ2n) is 8.11. The van der Waals surface area contributed by atoms with E-state index in [0.717, 1.165) is 42.5 Å². The molecule has 0 aliphatic carbocycles. The van der Waals surface area contributed by atoms with Crippen molar-refractivity contribution in [3.63, 3.8) is 0 Å². The fraction of sp³-hybridized carbons (Fsp3) is 0.217. The molecule has 224 valence electrons. The predicted molar refractivity (Wildman–Crippen MR) is 136 cm³/mol. The number of pyridine rings is 1. The Morgan fingerprint density at radius 3 is 2.29 bits per heavy atom. The average molecular weight is 631 g/mol. The Kier molecular flexibility index (Phi) is 9.70. The molecule has 3 N–H and O–H groups in total. The van der Waals surface area contributed by atoms with Crippen molar-refractivity contribution in [2.45, 2.75) is 22.5 Å². The number of hydrogen-bond acceptors (Lipinski definition) is 12. The van der Waals surface area contributed by atoms with E-state index < -0.39 is 70.9 Å². The van der Waals surface area contributed by atoms with Gasteiger partial charge in [-0.3, -0.25) is 14.1 Å². The van der Waals surface area contributed by atoms with E-state index in [1.54, 1.807) is 0 Å². The molecule has 0 amide bonds. The van der Waals surface area contributed by atoms with Crippen molar-refractivity contribution in [2.24, 2.45) is 10.2 Å². The molecule has 19 heteroatoms. The maximum atomic E-state index is 13.8. The van der Waals surface area contributed by atoms with Crippen molar-refractivity contribution >= 4 is 37.2 Å². The van der Waals surface area contributed by atoms with Crippen LogP contribution in [0.3, 0.4) is 0 Å². The number of aromatic nitrogens is 1. The van der Waals surface area contributed by atoms with Gasteiger partial charge in [0.1, 0.15) is 27.3 Å². The van der Waals surface area contributed by atoms with E-state index in [2.05, 4.69) is 15.0 Å². The minimum absolute atomic E-state index is 0.163. The number of aliphatic hydroxyl groups excluding tert-OH is 1. The number of azo groups is 1. The molecule has 3 aromatic rings. The van der Waals surface area contributed by atoms with Crippen molar-refractivity contribution in [1.82, 2.24) is 4.57 Å². The van der Waals surface area contributed by atoms with Crippen molar-refractivity contribution in [2.75, 3.05) is 24.5 Å². The summed E-state index contributed by atoms with van der Waals surface area (Å²) in [7, 11) is -9.20. The average Bonchev–Trinajstić information content (AvgIpc) is 2.91. The first-order valence-corrected chi connectivity index (χ1v) is 14.3. The predicted octanol–water partition coefficient (Wildman–Crippen LogP) is 2.57. The minimum Gasteiger partial charge on any atom is -0.744 e. The Morgan fingerprint density at radius 2 is 1.71 bits per heavy atom. The van der Waals surface area contributed by atoms with Crippen LogP contribution in [0.15, 0.2) is 73.3 Å². The van der Waals surface area contributed by atoms with E-state index in [9.17, 15) is 49.7 Å². The molecule has 0 spiro atoms. The second-order valence-corrected chi connectivity index (χ2v) is 11.2. The lowest BCUT2D eigenvalue weighted by Crippen LogP contribution is -2.27. The van der Waals surface area contributed by atoms with Gasteiger partial charge in [-0.05, 0) is 42.5 Å². The number of nitrogens with one attached hydrogen (secondary N) is 1. The summed E-state index contributed by atoms with van der Waals surface area (Å²) in [5, 5.41) is 35.2. The molecular weight excluding hydrogens is 611 g/mol. The first-order valence-electron chi connectivity index (χ1n) is 11.4. The molecule has 3 rings (SSSR count). The number of benzene rings is 2. The van der Waals surface area contributed by atoms with Gasteiger partial charge < -0.3 is 19.5 Å². The molecule has 0 unspecified atom stereocenters. The molecule has 0 saturated heterocycles. The van der Waals surface area contributed by atoms with Crippen LogP contribution in [0.4, 0.5) is 30.2 Å². The number of rotatable bonds is 11. The van der Waals surface area contributed by atoms with E-state index in [0.29, 0.717) is 4.57 Å². The van der Waals surface area contributed by atoms with Crippen LogP contribution in [0, 0.1) is 11.3 Å². The maximum Gasteiger partial charge on any atom is 0.420 e. The van der Waals surface area contributed by atoms with Gasteiger partial charge >= 0.3 is 6.18 Å². The van der Waals surface area contributed by atoms with Gasteiger partial charge in [0.05, 0.1) is 47.5 Å². The standard InChI is InChI=1S/C23H20F3N5O9S2/c24-23(25,26)19-18(13-27)21(33)31(8-10-40-11-9-32)22(34)20(19)29-28-14-4-6-16(7-5-14)41(35,36)30-15-2-1-3-17(12-15)42(37,38)39/h1-7,12,30,32-33H,8-11H2,(H,37,38,39)/p-1. The Labute approximate surface area is 235 Å². The number of halogens is 3. The molecule has 1 aromatic heterocycles. The number of aliphatic hydroxyl groups is 1. The molecule has 0 aliphatic rings. The van der Waals surface area contributed by atoms with Gasteiger partial charge in [0.2, 0.25) is 5.88 Å². The van der Waals surface area contributed by atoms with Crippen LogP contribution in [-0.4, -0.2) is 56.0 Å². The second kappa shape index (κ2) is 12.7. The van der Waals surface area contributed by atoms with Gasteiger partial charge in [0.25, 0.3) is 15.6 Å². The summed E-state index contributed by atoms with van der Waals surface area (Å²) in [4.78, 5) is 11.8. The third-order valence-electron chi connectivity index (χ3n) is 5.29. The lowest BCUT2D eigenvalue weighted by molar-refractivity contribution is -0.137. The Balaban J connectivity index is 1.97. The molecular formula is C23H19F3N5O9S2-. The molecule has 0 atom stereocenters. The van der Waals surface area contributed by atoms with E-state index in [4.69, 9.17) is 9.84 Å². The summed E-state index contributed by atoms with van der Waals surface area (Å²) >= 11 is 0. The van der Waals surface area contributed by atoms with Crippen LogP contribution >= 0.6 is 0 Å². The highest BCUT2D eigenvalue weighted by molar-refractivity contribution is 7.92. The summed E-state index contributed by atoms with van der Waals surface area (Å²) in [5.74, 6) is -1.28. The lowest BCUT2D eigenvalue weighted by Gasteiger charge is -2.16. The van der Waals surface area contributed by atoms with Crippen LogP contribution in [-0.2, 0) is 37.6 Å². The number of sulfonamides is 1. The van der Waals surface area contributed by atoms with Gasteiger partial charge in [-0.1, -0.05) is 6.07 Å². The number of alkyl halides is 3. The van der Waals surface area contributed by atoms with Crippen LogP contribution in [0.25, 0.3) is 0 Å². The third-order valence-corrected chi connectivity index (χ3v) is 7.52. The SMILES string of the molecule is N#Cc1c(C(F)(F)F)c(N=Nc2ccc(S(=O)(=O)Nc3cccc(S(=O)(=O)[O-])c3)cc2)c(=O)n(CCOCCO)c1O. The lowest BCUT2D eigenvalue weighted by atomic mass is 10.1. The third kappa shape index (κ3) is 7.48. The number of nitriles is 1. The monoisotopic (exact) mass is 630 g/mol. The minimum atomic E-state index is -5.31. The number of ether oxygens (including phenoxy) is 1. The Bertz CT molecular complexity index is 1820. The fourth-order valence-electron chi connectivity index (χ4n) is 3.43. The topological polar surface area (TPSA) is 224 Å². The molecule has 0 radical (unpaired) electrons. The van der Waals surface area contributed by atoms with Crippen LogP contribution < -0.4 is 10.3 Å². The number of aromatic hydroxyl groups is 1. The van der Waals surface area contributed by atoms with E-state index in [1.165, 1.54) is 12.1 Å². The molecule has 2 aromatic carbocycles. The van der Waals surface area contributed by atoms with Gasteiger partial charge in [0, 0.05) is 0 Å². The van der Waals surface area contributed by atoms with E-state index in [-0.39, 0.29) is 31.2 Å². The maximum absolute atomic E-state index is 13.8. The zero-order valence-corrected chi connectivity index (χ0v) is 22.6. The summed E-state index contributed by atoms with van der Waals surface area (Å²) < 4.78 is 108. The zero-order valence-electron chi connectivity index (χ0n) is 20.9. The molecule has 0 fully saturated rings. The first kappa shape index (κ1) is 32.2. The van der Waals surface area contributed by atoms with Crippen LogP contribution in [0.5, 0.6) is 5.88 Å². The van der Waals surface area contributed by atoms with E-state index >= 15 is 0 Å². The molecule has 1 heterocycles. The summed E-state index contributed by atoms with van der Waals surface area (Å²) in [5.41, 5.74) is -6.38. The molecule has 0 aliphatic heterocycles. The summed E-state index contributed by atoms with van der Waals surface area (Å²) in [6, 6.07) is 9.30. The summed E-state index contributed by atoms with van der Waals surface area (Å²) in [6.45, 7) is -1.36. The quantitative estimate of drug-likeness (QED) is 0.159. The van der Waals surface area contributed by atoms with Crippen molar-refractivity contribution < 1.29 is 49.5 Å². The van der Waals surface area contributed by atoms with Gasteiger partial charge in [0.15, 0.2) is 5.69 Å². The van der Waals surface area contributed by atoms with Crippen LogP contribution in [0.1, 0.15) is 11.1 Å². The molecule has 14 nitrogen and oxygen atoms in total. The number of hydrogen-bond donors (Lipinski definition) is 3. The normalized spacial score (nSPS) is 12.4. The zero-order chi connectivity index (χ0) is 31.3. The van der Waals surface area contributed by atoms with Gasteiger partial charge in [-0.2, -0.15) is 23.5 Å². The number of nitrogens with zero attached hydrogens (tertiary/aromatic N) is 4. The smallest absolute Gasteiger partial charge is 0.420 e.